The monoisotopic (exact) mass is 261 g/mol. The van der Waals surface area contributed by atoms with E-state index in [1.807, 2.05) is 18.5 Å². The summed E-state index contributed by atoms with van der Waals surface area (Å²) in [7, 11) is 0. The number of nitrogens with two attached hydrogens (primary N) is 1. The van der Waals surface area contributed by atoms with Crippen LogP contribution >= 0.6 is 0 Å². The molecule has 1 aromatic rings. The summed E-state index contributed by atoms with van der Waals surface area (Å²) in [5.74, 6) is 0.896. The fraction of sp³-hybridized carbons (Fsp3) is 0.688. The van der Waals surface area contributed by atoms with Gasteiger partial charge in [-0.25, -0.2) is 0 Å². The Balaban J connectivity index is 2.11. The molecule has 106 valence electrons. The van der Waals surface area contributed by atoms with Crippen LogP contribution in [0.1, 0.15) is 51.1 Å². The summed E-state index contributed by atoms with van der Waals surface area (Å²) in [5, 5.41) is 0. The number of rotatable bonds is 4. The van der Waals surface area contributed by atoms with Gasteiger partial charge in [-0.05, 0) is 56.8 Å². The lowest BCUT2D eigenvalue weighted by Gasteiger charge is -2.33. The zero-order chi connectivity index (χ0) is 13.7. The number of aromatic nitrogens is 1. The summed E-state index contributed by atoms with van der Waals surface area (Å²) in [6.45, 7) is 6.75. The Morgan fingerprint density at radius 3 is 2.89 bits per heavy atom. The van der Waals surface area contributed by atoms with E-state index < -0.39 is 0 Å². The Bertz CT molecular complexity index is 364. The zero-order valence-electron chi connectivity index (χ0n) is 12.3. The van der Waals surface area contributed by atoms with Gasteiger partial charge < -0.3 is 5.73 Å². The van der Waals surface area contributed by atoms with E-state index in [1.54, 1.807) is 0 Å². The highest BCUT2D eigenvalue weighted by atomic mass is 15.2. The van der Waals surface area contributed by atoms with Crippen molar-refractivity contribution < 1.29 is 0 Å². The second kappa shape index (κ2) is 7.01. The normalized spacial score (nSPS) is 24.7. The molecule has 0 spiro atoms. The van der Waals surface area contributed by atoms with Crippen LogP contribution in [0, 0.1) is 5.92 Å². The lowest BCUT2D eigenvalue weighted by atomic mass is 9.98. The Morgan fingerprint density at radius 2 is 2.26 bits per heavy atom. The zero-order valence-corrected chi connectivity index (χ0v) is 12.3. The summed E-state index contributed by atoms with van der Waals surface area (Å²) in [6.07, 6.45) is 9.07. The Labute approximate surface area is 117 Å². The molecule has 3 unspecified atom stereocenters. The molecular formula is C16H27N3. The van der Waals surface area contributed by atoms with E-state index in [9.17, 15) is 0 Å². The third-order valence-corrected chi connectivity index (χ3v) is 4.38. The van der Waals surface area contributed by atoms with E-state index >= 15 is 0 Å². The Morgan fingerprint density at radius 1 is 1.42 bits per heavy atom. The fourth-order valence-electron chi connectivity index (χ4n) is 3.27. The predicted molar refractivity (Wildman–Crippen MR) is 79.8 cm³/mol. The standard InChI is InChI=1S/C16H27N3/c1-3-14-6-5-10-19(11-8-14)16(13(2)17)15-7-4-9-18-12-15/h4,7,9,12-14,16H,3,5-6,8,10-11,17H2,1-2H3. The lowest BCUT2D eigenvalue weighted by Crippen LogP contribution is -2.40. The van der Waals surface area contributed by atoms with Crippen molar-refractivity contribution in [2.75, 3.05) is 13.1 Å². The smallest absolute Gasteiger partial charge is 0.0511 e. The molecule has 3 atom stereocenters. The average Bonchev–Trinajstić information content (AvgIpc) is 2.65. The largest absolute Gasteiger partial charge is 0.326 e. The van der Waals surface area contributed by atoms with Crippen LogP contribution in [0.3, 0.4) is 0 Å². The van der Waals surface area contributed by atoms with Gasteiger partial charge in [0.05, 0.1) is 6.04 Å². The van der Waals surface area contributed by atoms with Gasteiger partial charge in [-0.15, -0.1) is 0 Å². The van der Waals surface area contributed by atoms with Gasteiger partial charge in [0.2, 0.25) is 0 Å². The molecule has 0 aromatic carbocycles. The first-order chi connectivity index (χ1) is 9.22. The minimum absolute atomic E-state index is 0.141. The molecule has 2 heterocycles. The van der Waals surface area contributed by atoms with Crippen LogP contribution in [-0.2, 0) is 0 Å². The van der Waals surface area contributed by atoms with Crippen molar-refractivity contribution in [3.05, 3.63) is 30.1 Å². The summed E-state index contributed by atoms with van der Waals surface area (Å²) in [6, 6.07) is 4.62. The first-order valence-corrected chi connectivity index (χ1v) is 7.62. The molecule has 0 aliphatic carbocycles. The maximum atomic E-state index is 6.25. The molecule has 19 heavy (non-hydrogen) atoms. The van der Waals surface area contributed by atoms with Crippen molar-refractivity contribution >= 4 is 0 Å². The van der Waals surface area contributed by atoms with E-state index in [-0.39, 0.29) is 6.04 Å². The van der Waals surface area contributed by atoms with Crippen molar-refractivity contribution in [1.82, 2.24) is 9.88 Å². The van der Waals surface area contributed by atoms with Gasteiger partial charge in [0.25, 0.3) is 0 Å². The molecule has 3 heteroatoms. The van der Waals surface area contributed by atoms with Crippen molar-refractivity contribution in [3.63, 3.8) is 0 Å². The van der Waals surface area contributed by atoms with Crippen molar-refractivity contribution in [1.29, 1.82) is 0 Å². The SMILES string of the molecule is CCC1CCCN(C(c2cccnc2)C(C)N)CC1. The van der Waals surface area contributed by atoms with E-state index in [1.165, 1.54) is 37.8 Å². The molecule has 0 radical (unpaired) electrons. The number of nitrogens with zero attached hydrogens (tertiary/aromatic N) is 2. The minimum Gasteiger partial charge on any atom is -0.326 e. The van der Waals surface area contributed by atoms with Gasteiger partial charge in [0.1, 0.15) is 0 Å². The van der Waals surface area contributed by atoms with Crippen molar-refractivity contribution in [3.8, 4) is 0 Å². The highest BCUT2D eigenvalue weighted by molar-refractivity contribution is 5.16. The highest BCUT2D eigenvalue weighted by Crippen LogP contribution is 2.28. The first-order valence-electron chi connectivity index (χ1n) is 7.62. The quantitative estimate of drug-likeness (QED) is 0.906. The van der Waals surface area contributed by atoms with Gasteiger partial charge in [-0.3, -0.25) is 9.88 Å². The third-order valence-electron chi connectivity index (χ3n) is 4.38. The summed E-state index contributed by atoms with van der Waals surface area (Å²) >= 11 is 0. The van der Waals surface area contributed by atoms with E-state index in [2.05, 4.69) is 29.8 Å². The molecule has 1 aromatic heterocycles. The minimum atomic E-state index is 0.141. The van der Waals surface area contributed by atoms with Crippen LogP contribution in [0.4, 0.5) is 0 Å². The van der Waals surface area contributed by atoms with E-state index in [0.717, 1.165) is 12.5 Å². The third kappa shape index (κ3) is 3.77. The molecule has 0 saturated carbocycles. The van der Waals surface area contributed by atoms with Crippen LogP contribution in [0.2, 0.25) is 0 Å². The average molecular weight is 261 g/mol. The van der Waals surface area contributed by atoms with Gasteiger partial charge >= 0.3 is 0 Å². The van der Waals surface area contributed by atoms with Crippen LogP contribution in [-0.4, -0.2) is 29.0 Å². The molecule has 2 N–H and O–H groups in total. The molecule has 3 nitrogen and oxygen atoms in total. The maximum Gasteiger partial charge on any atom is 0.0511 e. The number of pyridine rings is 1. The van der Waals surface area contributed by atoms with Crippen LogP contribution in [0.5, 0.6) is 0 Å². The van der Waals surface area contributed by atoms with Gasteiger partial charge in [0.15, 0.2) is 0 Å². The number of hydrogen-bond acceptors (Lipinski definition) is 3. The Kier molecular flexibility index (Phi) is 5.34. The van der Waals surface area contributed by atoms with Crippen LogP contribution in [0.15, 0.2) is 24.5 Å². The van der Waals surface area contributed by atoms with Crippen molar-refractivity contribution in [2.24, 2.45) is 11.7 Å². The predicted octanol–water partition coefficient (Wildman–Crippen LogP) is 2.98. The molecule has 0 bridgehead atoms. The lowest BCUT2D eigenvalue weighted by molar-refractivity contribution is 0.180. The molecule has 1 aliphatic rings. The molecular weight excluding hydrogens is 234 g/mol. The second-order valence-corrected chi connectivity index (χ2v) is 5.83. The molecule has 1 fully saturated rings. The van der Waals surface area contributed by atoms with E-state index in [0.29, 0.717) is 6.04 Å². The summed E-state index contributed by atoms with van der Waals surface area (Å²) in [5.41, 5.74) is 7.51. The van der Waals surface area contributed by atoms with Crippen molar-refractivity contribution in [2.45, 2.75) is 51.6 Å². The van der Waals surface area contributed by atoms with E-state index in [4.69, 9.17) is 5.73 Å². The summed E-state index contributed by atoms with van der Waals surface area (Å²) in [4.78, 5) is 6.82. The van der Waals surface area contributed by atoms with Crippen LogP contribution in [0.25, 0.3) is 0 Å². The van der Waals surface area contributed by atoms with Gasteiger partial charge in [-0.2, -0.15) is 0 Å². The topological polar surface area (TPSA) is 42.2 Å². The highest BCUT2D eigenvalue weighted by Gasteiger charge is 2.26. The number of likely N-dealkylation sites (tertiary alicyclic amines) is 1. The van der Waals surface area contributed by atoms with Gasteiger partial charge in [-0.1, -0.05) is 19.4 Å². The summed E-state index contributed by atoms with van der Waals surface area (Å²) < 4.78 is 0. The molecule has 1 saturated heterocycles. The molecule has 2 rings (SSSR count). The van der Waals surface area contributed by atoms with Crippen LogP contribution < -0.4 is 5.73 Å². The fourth-order valence-corrected chi connectivity index (χ4v) is 3.27. The number of hydrogen-bond donors (Lipinski definition) is 1. The molecule has 1 aliphatic heterocycles. The second-order valence-electron chi connectivity index (χ2n) is 5.83. The first kappa shape index (κ1) is 14.5. The maximum absolute atomic E-state index is 6.25. The Hall–Kier alpha value is -0.930. The molecule has 0 amide bonds. The van der Waals surface area contributed by atoms with Gasteiger partial charge in [0, 0.05) is 18.4 Å².